The van der Waals surface area contributed by atoms with Gasteiger partial charge in [0.15, 0.2) is 0 Å². The Morgan fingerprint density at radius 2 is 2.33 bits per heavy atom. The van der Waals surface area contributed by atoms with Crippen molar-refractivity contribution < 1.29 is 0 Å². The number of nitrogens with two attached hydrogens (primary N) is 1. The van der Waals surface area contributed by atoms with Crippen LogP contribution in [-0.4, -0.2) is 4.98 Å². The summed E-state index contributed by atoms with van der Waals surface area (Å²) in [6.45, 7) is 4.20. The van der Waals surface area contributed by atoms with Gasteiger partial charge in [-0.25, -0.2) is 0 Å². The lowest BCUT2D eigenvalue weighted by Crippen LogP contribution is -1.98. The Labute approximate surface area is 73.1 Å². The van der Waals surface area contributed by atoms with E-state index in [-0.39, 0.29) is 0 Å². The van der Waals surface area contributed by atoms with Crippen LogP contribution >= 0.6 is 0 Å². The zero-order valence-electron chi connectivity index (χ0n) is 7.49. The highest BCUT2D eigenvalue weighted by atomic mass is 14.6. The third-order valence-corrected chi connectivity index (χ3v) is 1.51. The molecule has 0 saturated carbocycles. The summed E-state index contributed by atoms with van der Waals surface area (Å²) in [7, 11) is 0. The summed E-state index contributed by atoms with van der Waals surface area (Å²) in [5.74, 6) is 0.477. The van der Waals surface area contributed by atoms with Crippen LogP contribution in [0.3, 0.4) is 0 Å². The van der Waals surface area contributed by atoms with Crippen molar-refractivity contribution in [2.75, 3.05) is 0 Å². The van der Waals surface area contributed by atoms with Crippen LogP contribution in [0.4, 0.5) is 0 Å². The molecule has 0 aliphatic heterocycles. The molecule has 0 spiro atoms. The molecule has 1 aromatic rings. The molecule has 0 aromatic carbocycles. The average Bonchev–Trinajstić information content (AvgIpc) is 2.05. The molecular formula is C10H14N2. The summed E-state index contributed by atoms with van der Waals surface area (Å²) >= 11 is 0. The van der Waals surface area contributed by atoms with Crippen molar-refractivity contribution in [3.63, 3.8) is 0 Å². The monoisotopic (exact) mass is 162 g/mol. The number of aromatic nitrogens is 1. The maximum absolute atomic E-state index is 5.82. The molecule has 2 N–H and O–H groups in total. The van der Waals surface area contributed by atoms with E-state index in [1.54, 1.807) is 12.4 Å². The lowest BCUT2D eigenvalue weighted by atomic mass is 10.1. The quantitative estimate of drug-likeness (QED) is 0.722. The molecular weight excluding hydrogens is 148 g/mol. The lowest BCUT2D eigenvalue weighted by Gasteiger charge is -2.02. The van der Waals surface area contributed by atoms with Gasteiger partial charge in [0.1, 0.15) is 0 Å². The van der Waals surface area contributed by atoms with Gasteiger partial charge in [-0.3, -0.25) is 4.98 Å². The first-order chi connectivity index (χ1) is 5.70. The smallest absolute Gasteiger partial charge is 0.0365 e. The van der Waals surface area contributed by atoms with Crippen LogP contribution in [0.1, 0.15) is 19.4 Å². The first-order valence-electron chi connectivity index (χ1n) is 4.08. The maximum Gasteiger partial charge on any atom is 0.0365 e. The molecule has 2 heteroatoms. The van der Waals surface area contributed by atoms with Gasteiger partial charge < -0.3 is 5.73 Å². The predicted octanol–water partition coefficient (Wildman–Crippen LogP) is 2.04. The van der Waals surface area contributed by atoms with E-state index >= 15 is 0 Å². The fourth-order valence-corrected chi connectivity index (χ4v) is 0.989. The molecule has 0 atom stereocenters. The van der Waals surface area contributed by atoms with Gasteiger partial charge in [-0.15, -0.1) is 0 Å². The van der Waals surface area contributed by atoms with Crippen molar-refractivity contribution in [1.82, 2.24) is 4.98 Å². The van der Waals surface area contributed by atoms with E-state index in [9.17, 15) is 0 Å². The lowest BCUT2D eigenvalue weighted by molar-refractivity contribution is 0.832. The van der Waals surface area contributed by atoms with Gasteiger partial charge in [0.05, 0.1) is 0 Å². The molecule has 0 aliphatic carbocycles. The fraction of sp³-hybridized carbons (Fsp3) is 0.300. The molecule has 0 unspecified atom stereocenters. The SMILES string of the molecule is CC(C)C=C(N)c1cccnc1. The molecule has 0 radical (unpaired) electrons. The summed E-state index contributed by atoms with van der Waals surface area (Å²) in [5, 5.41) is 0. The van der Waals surface area contributed by atoms with E-state index in [0.717, 1.165) is 11.3 Å². The molecule has 0 aliphatic rings. The first-order valence-corrected chi connectivity index (χ1v) is 4.08. The largest absolute Gasteiger partial charge is 0.398 e. The normalized spacial score (nSPS) is 12.1. The predicted molar refractivity (Wildman–Crippen MR) is 51.2 cm³/mol. The highest BCUT2D eigenvalue weighted by Crippen LogP contribution is 2.09. The molecule has 1 rings (SSSR count). The molecule has 64 valence electrons. The Morgan fingerprint density at radius 3 is 2.83 bits per heavy atom. The van der Waals surface area contributed by atoms with Gasteiger partial charge in [-0.05, 0) is 18.1 Å². The molecule has 1 heterocycles. The molecule has 1 aromatic heterocycles. The van der Waals surface area contributed by atoms with Gasteiger partial charge in [0.2, 0.25) is 0 Å². The van der Waals surface area contributed by atoms with E-state index in [1.165, 1.54) is 0 Å². The first kappa shape index (κ1) is 8.78. The summed E-state index contributed by atoms with van der Waals surface area (Å²) in [6, 6.07) is 3.84. The van der Waals surface area contributed by atoms with E-state index in [4.69, 9.17) is 5.73 Å². The molecule has 0 fully saturated rings. The molecule has 2 nitrogen and oxygen atoms in total. The highest BCUT2D eigenvalue weighted by molar-refractivity contribution is 5.61. The van der Waals surface area contributed by atoms with Crippen LogP contribution in [0.25, 0.3) is 5.70 Å². The summed E-state index contributed by atoms with van der Waals surface area (Å²) in [5.41, 5.74) is 7.61. The van der Waals surface area contributed by atoms with Crippen LogP contribution in [0.15, 0.2) is 30.6 Å². The summed E-state index contributed by atoms with van der Waals surface area (Å²) in [4.78, 5) is 3.99. The van der Waals surface area contributed by atoms with Gasteiger partial charge in [-0.1, -0.05) is 19.9 Å². The Hall–Kier alpha value is -1.31. The molecule has 0 amide bonds. The fourth-order valence-electron chi connectivity index (χ4n) is 0.989. The number of pyridine rings is 1. The van der Waals surface area contributed by atoms with E-state index in [1.807, 2.05) is 18.2 Å². The number of hydrogen-bond donors (Lipinski definition) is 1. The van der Waals surface area contributed by atoms with Crippen LogP contribution in [0.2, 0.25) is 0 Å². The summed E-state index contributed by atoms with van der Waals surface area (Å²) < 4.78 is 0. The van der Waals surface area contributed by atoms with Gasteiger partial charge in [-0.2, -0.15) is 0 Å². The third kappa shape index (κ3) is 2.38. The number of allylic oxidation sites excluding steroid dienone is 1. The number of rotatable bonds is 2. The summed E-state index contributed by atoms with van der Waals surface area (Å²) in [6.07, 6.45) is 5.54. The topological polar surface area (TPSA) is 38.9 Å². The molecule has 0 saturated heterocycles. The molecule has 0 bridgehead atoms. The van der Waals surface area contributed by atoms with Crippen LogP contribution in [-0.2, 0) is 0 Å². The molecule has 12 heavy (non-hydrogen) atoms. The van der Waals surface area contributed by atoms with E-state index in [0.29, 0.717) is 5.92 Å². The number of hydrogen-bond acceptors (Lipinski definition) is 2. The van der Waals surface area contributed by atoms with Crippen molar-refractivity contribution in [1.29, 1.82) is 0 Å². The second-order valence-electron chi connectivity index (χ2n) is 3.11. The standard InChI is InChI=1S/C10H14N2/c1-8(2)6-10(11)9-4-3-5-12-7-9/h3-8H,11H2,1-2H3. The van der Waals surface area contributed by atoms with E-state index in [2.05, 4.69) is 18.8 Å². The van der Waals surface area contributed by atoms with Crippen LogP contribution in [0.5, 0.6) is 0 Å². The second kappa shape index (κ2) is 3.90. The second-order valence-corrected chi connectivity index (χ2v) is 3.11. The Kier molecular flexibility index (Phi) is 2.86. The Bertz CT molecular complexity index is 262. The average molecular weight is 162 g/mol. The Balaban J connectivity index is 2.85. The van der Waals surface area contributed by atoms with Crippen molar-refractivity contribution in [3.8, 4) is 0 Å². The van der Waals surface area contributed by atoms with Crippen LogP contribution in [0, 0.1) is 5.92 Å². The van der Waals surface area contributed by atoms with Crippen molar-refractivity contribution in [2.45, 2.75) is 13.8 Å². The minimum absolute atomic E-state index is 0.477. The third-order valence-electron chi connectivity index (χ3n) is 1.51. The van der Waals surface area contributed by atoms with Gasteiger partial charge in [0.25, 0.3) is 0 Å². The minimum atomic E-state index is 0.477. The zero-order valence-corrected chi connectivity index (χ0v) is 7.49. The Morgan fingerprint density at radius 1 is 1.58 bits per heavy atom. The van der Waals surface area contributed by atoms with Crippen molar-refractivity contribution >= 4 is 5.70 Å². The van der Waals surface area contributed by atoms with E-state index < -0.39 is 0 Å². The maximum atomic E-state index is 5.82. The van der Waals surface area contributed by atoms with Gasteiger partial charge >= 0.3 is 0 Å². The zero-order chi connectivity index (χ0) is 8.97. The number of nitrogens with zero attached hydrogens (tertiary/aromatic N) is 1. The van der Waals surface area contributed by atoms with Crippen molar-refractivity contribution in [2.24, 2.45) is 11.7 Å². The highest BCUT2D eigenvalue weighted by Gasteiger charge is 1.95. The minimum Gasteiger partial charge on any atom is -0.398 e. The van der Waals surface area contributed by atoms with Gasteiger partial charge in [0, 0.05) is 23.7 Å². The van der Waals surface area contributed by atoms with Crippen molar-refractivity contribution in [3.05, 3.63) is 36.2 Å². The van der Waals surface area contributed by atoms with Crippen LogP contribution < -0.4 is 5.73 Å².